The monoisotopic (exact) mass is 371 g/mol. The van der Waals surface area contributed by atoms with Crippen LogP contribution in [-0.2, 0) is 13.0 Å². The van der Waals surface area contributed by atoms with Crippen molar-refractivity contribution in [2.45, 2.75) is 13.0 Å². The van der Waals surface area contributed by atoms with Crippen molar-refractivity contribution in [1.29, 1.82) is 0 Å². The maximum atomic E-state index is 4.91. The molecule has 1 fully saturated rings. The highest BCUT2D eigenvalue weighted by atomic mass is 15.3. The van der Waals surface area contributed by atoms with Gasteiger partial charge in [0.2, 0.25) is 5.95 Å². The first-order valence-corrected chi connectivity index (χ1v) is 10.1. The topological polar surface area (TPSA) is 35.5 Å². The number of nitrogens with zero attached hydrogens (tertiary/aromatic N) is 5. The van der Waals surface area contributed by atoms with Crippen LogP contribution >= 0.6 is 0 Å². The zero-order chi connectivity index (χ0) is 18.8. The smallest absolute Gasteiger partial charge is 0.231 e. The van der Waals surface area contributed by atoms with Crippen molar-refractivity contribution in [3.05, 3.63) is 78.0 Å². The molecule has 2 aliphatic heterocycles. The van der Waals surface area contributed by atoms with Crippen LogP contribution in [0.25, 0.3) is 0 Å². The summed E-state index contributed by atoms with van der Waals surface area (Å²) in [7, 11) is 0. The molecule has 5 nitrogen and oxygen atoms in total. The molecule has 5 rings (SSSR count). The molecule has 3 aromatic rings. The second-order valence-corrected chi connectivity index (χ2v) is 7.49. The Morgan fingerprint density at radius 2 is 1.57 bits per heavy atom. The van der Waals surface area contributed by atoms with Crippen molar-refractivity contribution in [3.8, 4) is 0 Å². The third-order valence-corrected chi connectivity index (χ3v) is 5.70. The zero-order valence-corrected chi connectivity index (χ0v) is 16.0. The van der Waals surface area contributed by atoms with Gasteiger partial charge in [0.1, 0.15) is 5.82 Å². The molecule has 0 unspecified atom stereocenters. The Morgan fingerprint density at radius 3 is 2.43 bits per heavy atom. The summed E-state index contributed by atoms with van der Waals surface area (Å²) in [4.78, 5) is 16.6. The SMILES string of the molecule is c1ccc(CN2CCN(c3ccnc(N4CCc5ccccc54)n3)CC2)cc1. The highest BCUT2D eigenvalue weighted by Crippen LogP contribution is 2.32. The van der Waals surface area contributed by atoms with E-state index in [1.165, 1.54) is 16.8 Å². The van der Waals surface area contributed by atoms with Crippen LogP contribution in [0, 0.1) is 0 Å². The van der Waals surface area contributed by atoms with Gasteiger partial charge in [0, 0.05) is 51.2 Å². The number of hydrogen-bond acceptors (Lipinski definition) is 5. The minimum Gasteiger partial charge on any atom is -0.354 e. The Bertz CT molecular complexity index is 934. The molecule has 5 heteroatoms. The van der Waals surface area contributed by atoms with E-state index in [-0.39, 0.29) is 0 Å². The summed E-state index contributed by atoms with van der Waals surface area (Å²) >= 11 is 0. The lowest BCUT2D eigenvalue weighted by atomic mass is 10.2. The van der Waals surface area contributed by atoms with Gasteiger partial charge in [0.25, 0.3) is 0 Å². The molecule has 2 aromatic carbocycles. The summed E-state index contributed by atoms with van der Waals surface area (Å²) in [6.45, 7) is 6.09. The molecule has 0 radical (unpaired) electrons. The Labute approximate surface area is 166 Å². The van der Waals surface area contributed by atoms with Crippen molar-refractivity contribution in [2.24, 2.45) is 0 Å². The first-order chi connectivity index (χ1) is 13.9. The molecule has 0 N–H and O–H groups in total. The summed E-state index contributed by atoms with van der Waals surface area (Å²) < 4.78 is 0. The molecule has 2 aliphatic rings. The molecule has 0 aliphatic carbocycles. The third-order valence-electron chi connectivity index (χ3n) is 5.70. The minimum absolute atomic E-state index is 0.814. The Kier molecular flexibility index (Phi) is 4.67. The predicted molar refractivity (Wildman–Crippen MR) is 113 cm³/mol. The van der Waals surface area contributed by atoms with Gasteiger partial charge in [-0.25, -0.2) is 4.98 Å². The summed E-state index contributed by atoms with van der Waals surface area (Å²) in [6, 6.07) is 21.3. The van der Waals surface area contributed by atoms with Gasteiger partial charge in [-0.3, -0.25) is 4.90 Å². The van der Waals surface area contributed by atoms with Crippen LogP contribution in [0.4, 0.5) is 17.5 Å². The highest BCUT2D eigenvalue weighted by molar-refractivity contribution is 5.66. The van der Waals surface area contributed by atoms with E-state index in [0.717, 1.165) is 57.5 Å². The van der Waals surface area contributed by atoms with E-state index in [1.807, 2.05) is 12.3 Å². The Morgan fingerprint density at radius 1 is 0.786 bits per heavy atom. The van der Waals surface area contributed by atoms with Gasteiger partial charge >= 0.3 is 0 Å². The molecule has 0 saturated carbocycles. The molecule has 0 bridgehead atoms. The maximum Gasteiger partial charge on any atom is 0.231 e. The molecule has 28 heavy (non-hydrogen) atoms. The lowest BCUT2D eigenvalue weighted by Gasteiger charge is -2.35. The van der Waals surface area contributed by atoms with Gasteiger partial charge in [0.05, 0.1) is 0 Å². The molecule has 3 heterocycles. The normalized spacial score (nSPS) is 17.0. The van der Waals surface area contributed by atoms with Gasteiger partial charge in [0.15, 0.2) is 0 Å². The van der Waals surface area contributed by atoms with Crippen LogP contribution in [0.3, 0.4) is 0 Å². The fourth-order valence-corrected chi connectivity index (χ4v) is 4.17. The van der Waals surface area contributed by atoms with Gasteiger partial charge in [-0.1, -0.05) is 48.5 Å². The van der Waals surface area contributed by atoms with Gasteiger partial charge in [-0.2, -0.15) is 4.98 Å². The minimum atomic E-state index is 0.814. The van der Waals surface area contributed by atoms with E-state index in [9.17, 15) is 0 Å². The van der Waals surface area contributed by atoms with Crippen molar-refractivity contribution in [1.82, 2.24) is 14.9 Å². The number of fused-ring (bicyclic) bond motifs is 1. The van der Waals surface area contributed by atoms with E-state index in [0.29, 0.717) is 0 Å². The van der Waals surface area contributed by atoms with Crippen LogP contribution < -0.4 is 9.80 Å². The van der Waals surface area contributed by atoms with Crippen molar-refractivity contribution in [3.63, 3.8) is 0 Å². The molecule has 0 spiro atoms. The first-order valence-electron chi connectivity index (χ1n) is 10.1. The average molecular weight is 371 g/mol. The number of benzene rings is 2. The third kappa shape index (κ3) is 3.45. The maximum absolute atomic E-state index is 4.91. The summed E-state index contributed by atoms with van der Waals surface area (Å²) in [5.41, 5.74) is 4.01. The Balaban J connectivity index is 1.26. The zero-order valence-electron chi connectivity index (χ0n) is 16.0. The number of anilines is 3. The van der Waals surface area contributed by atoms with Gasteiger partial charge < -0.3 is 9.80 Å². The number of rotatable bonds is 4. The van der Waals surface area contributed by atoms with E-state index < -0.39 is 0 Å². The quantitative estimate of drug-likeness (QED) is 0.701. The van der Waals surface area contributed by atoms with Crippen LogP contribution in [0.2, 0.25) is 0 Å². The first kappa shape index (κ1) is 17.2. The van der Waals surface area contributed by atoms with Gasteiger partial charge in [-0.05, 0) is 29.7 Å². The fourth-order valence-electron chi connectivity index (χ4n) is 4.17. The van der Waals surface area contributed by atoms with Crippen molar-refractivity contribution < 1.29 is 0 Å². The summed E-state index contributed by atoms with van der Waals surface area (Å²) in [6.07, 6.45) is 2.96. The lowest BCUT2D eigenvalue weighted by molar-refractivity contribution is 0.249. The molecule has 142 valence electrons. The standard InChI is InChI=1S/C23H25N5/c1-2-6-19(7-3-1)18-26-14-16-27(17-15-26)22-10-12-24-23(25-22)28-13-11-20-8-4-5-9-21(20)28/h1-10,12H,11,13-18H2. The molecule has 1 saturated heterocycles. The van der Waals surface area contributed by atoms with E-state index in [4.69, 9.17) is 4.98 Å². The number of para-hydroxylation sites is 1. The molecule has 1 aromatic heterocycles. The molecular weight excluding hydrogens is 346 g/mol. The van der Waals surface area contributed by atoms with E-state index in [1.54, 1.807) is 0 Å². The lowest BCUT2D eigenvalue weighted by Crippen LogP contribution is -2.46. The van der Waals surface area contributed by atoms with Crippen molar-refractivity contribution in [2.75, 3.05) is 42.5 Å². The second kappa shape index (κ2) is 7.60. The highest BCUT2D eigenvalue weighted by Gasteiger charge is 2.23. The van der Waals surface area contributed by atoms with Crippen LogP contribution in [0.1, 0.15) is 11.1 Å². The molecular formula is C23H25N5. The summed E-state index contributed by atoms with van der Waals surface area (Å²) in [5.74, 6) is 1.85. The summed E-state index contributed by atoms with van der Waals surface area (Å²) in [5, 5.41) is 0. The number of piperazine rings is 1. The molecule has 0 amide bonds. The average Bonchev–Trinajstić information content (AvgIpc) is 3.19. The number of hydrogen-bond donors (Lipinski definition) is 0. The van der Waals surface area contributed by atoms with Crippen LogP contribution in [-0.4, -0.2) is 47.6 Å². The second-order valence-electron chi connectivity index (χ2n) is 7.49. The van der Waals surface area contributed by atoms with E-state index in [2.05, 4.69) is 74.3 Å². The predicted octanol–water partition coefficient (Wildman–Crippen LogP) is 3.49. The Hall–Kier alpha value is -2.92. The largest absolute Gasteiger partial charge is 0.354 e. The molecule has 0 atom stereocenters. The van der Waals surface area contributed by atoms with Crippen molar-refractivity contribution >= 4 is 17.5 Å². The van der Waals surface area contributed by atoms with Crippen LogP contribution in [0.5, 0.6) is 0 Å². The number of aromatic nitrogens is 2. The fraction of sp³-hybridized carbons (Fsp3) is 0.304. The van der Waals surface area contributed by atoms with Gasteiger partial charge in [-0.15, -0.1) is 0 Å². The van der Waals surface area contributed by atoms with E-state index >= 15 is 0 Å². The van der Waals surface area contributed by atoms with Crippen LogP contribution in [0.15, 0.2) is 66.9 Å².